The number of para-hydroxylation sites is 1. The number of carbonyl (C=O) groups excluding carboxylic acids is 3. The lowest BCUT2D eigenvalue weighted by Crippen LogP contribution is -2.30. The highest BCUT2D eigenvalue weighted by Crippen LogP contribution is 2.12. The Kier molecular flexibility index (Phi) is 7.53. The number of anilines is 2. The largest absolute Gasteiger partial charge is 0.452 e. The van der Waals surface area contributed by atoms with Gasteiger partial charge in [0.15, 0.2) is 6.61 Å². The number of benzene rings is 3. The van der Waals surface area contributed by atoms with Crippen molar-refractivity contribution in [2.45, 2.75) is 6.54 Å². The molecule has 0 spiro atoms. The van der Waals surface area contributed by atoms with Crippen LogP contribution in [0, 0.1) is 5.82 Å². The first-order chi connectivity index (χ1) is 15.4. The summed E-state index contributed by atoms with van der Waals surface area (Å²) in [6.45, 7) is -0.155. The quantitative estimate of drug-likeness (QED) is 0.542. The maximum Gasteiger partial charge on any atom is 0.338 e. The number of rotatable bonds is 7. The summed E-state index contributed by atoms with van der Waals surface area (Å²) in [5.41, 5.74) is 2.14. The Morgan fingerprint density at radius 2 is 1.44 bits per heavy atom. The maximum atomic E-state index is 13.0. The van der Waals surface area contributed by atoms with Crippen LogP contribution >= 0.6 is 0 Å². The first-order valence-corrected chi connectivity index (χ1v) is 9.79. The van der Waals surface area contributed by atoms with Gasteiger partial charge in [-0.05, 0) is 54.1 Å². The van der Waals surface area contributed by atoms with Gasteiger partial charge >= 0.3 is 12.0 Å². The molecule has 0 aliphatic heterocycles. The molecule has 2 N–H and O–H groups in total. The zero-order valence-electron chi connectivity index (χ0n) is 17.4. The molecule has 3 aromatic carbocycles. The number of nitrogens with one attached hydrogen (secondary N) is 2. The van der Waals surface area contributed by atoms with Gasteiger partial charge in [0.2, 0.25) is 0 Å². The number of esters is 1. The van der Waals surface area contributed by atoms with Crippen molar-refractivity contribution in [1.29, 1.82) is 0 Å². The number of carbonyl (C=O) groups is 3. The molecule has 0 aromatic heterocycles. The van der Waals surface area contributed by atoms with Crippen LogP contribution in [0.15, 0.2) is 78.9 Å². The normalized spacial score (nSPS) is 10.2. The number of hydrogen-bond acceptors (Lipinski definition) is 4. The Hall–Kier alpha value is -4.20. The second-order valence-corrected chi connectivity index (χ2v) is 6.97. The number of urea groups is 1. The van der Waals surface area contributed by atoms with Crippen molar-refractivity contribution >= 4 is 29.3 Å². The van der Waals surface area contributed by atoms with E-state index >= 15 is 0 Å². The van der Waals surface area contributed by atoms with Crippen LogP contribution in [0.3, 0.4) is 0 Å². The molecule has 3 amide bonds. The summed E-state index contributed by atoms with van der Waals surface area (Å²) in [6, 6.07) is 20.5. The van der Waals surface area contributed by atoms with Crippen molar-refractivity contribution in [2.75, 3.05) is 24.3 Å². The van der Waals surface area contributed by atoms with Crippen molar-refractivity contribution in [3.63, 3.8) is 0 Å². The number of nitrogens with zero attached hydrogens (tertiary/aromatic N) is 1. The molecule has 0 saturated carbocycles. The fraction of sp³-hybridized carbons (Fsp3) is 0.125. The zero-order chi connectivity index (χ0) is 22.9. The highest BCUT2D eigenvalue weighted by molar-refractivity contribution is 6.00. The molecule has 3 rings (SSSR count). The van der Waals surface area contributed by atoms with Crippen LogP contribution in [0.4, 0.5) is 20.6 Å². The monoisotopic (exact) mass is 435 g/mol. The minimum Gasteiger partial charge on any atom is -0.452 e. The van der Waals surface area contributed by atoms with Gasteiger partial charge in [-0.1, -0.05) is 30.3 Å². The molecule has 0 fully saturated rings. The number of ether oxygens (including phenoxy) is 1. The van der Waals surface area contributed by atoms with Gasteiger partial charge in [0, 0.05) is 25.0 Å². The molecule has 0 aliphatic carbocycles. The van der Waals surface area contributed by atoms with Gasteiger partial charge in [-0.15, -0.1) is 0 Å². The summed E-state index contributed by atoms with van der Waals surface area (Å²) >= 11 is 0. The van der Waals surface area contributed by atoms with Crippen molar-refractivity contribution in [1.82, 2.24) is 4.90 Å². The molecule has 0 unspecified atom stereocenters. The van der Waals surface area contributed by atoms with Gasteiger partial charge in [-0.2, -0.15) is 0 Å². The summed E-state index contributed by atoms with van der Waals surface area (Å²) < 4.78 is 18.0. The van der Waals surface area contributed by atoms with Crippen molar-refractivity contribution in [3.05, 3.63) is 95.8 Å². The van der Waals surface area contributed by atoms with E-state index in [-0.39, 0.29) is 17.9 Å². The summed E-state index contributed by atoms with van der Waals surface area (Å²) in [5, 5.41) is 5.35. The Bertz CT molecular complexity index is 1070. The summed E-state index contributed by atoms with van der Waals surface area (Å²) in [6.07, 6.45) is 0. The van der Waals surface area contributed by atoms with Crippen LogP contribution in [-0.2, 0) is 16.1 Å². The first kappa shape index (κ1) is 22.5. The molecular formula is C24H22FN3O4. The molecule has 32 heavy (non-hydrogen) atoms. The van der Waals surface area contributed by atoms with E-state index in [1.165, 1.54) is 29.2 Å². The van der Waals surface area contributed by atoms with E-state index in [0.717, 1.165) is 5.56 Å². The van der Waals surface area contributed by atoms with E-state index in [9.17, 15) is 18.8 Å². The van der Waals surface area contributed by atoms with E-state index in [1.807, 2.05) is 6.07 Å². The SMILES string of the molecule is CN(Cc1ccc(F)cc1)C(=O)COC(=O)c1ccc(NC(=O)Nc2ccccc2)cc1. The third-order valence-corrected chi connectivity index (χ3v) is 4.50. The summed E-state index contributed by atoms with van der Waals surface area (Å²) in [4.78, 5) is 37.8. The molecule has 0 radical (unpaired) electrons. The lowest BCUT2D eigenvalue weighted by molar-refractivity contribution is -0.133. The van der Waals surface area contributed by atoms with Gasteiger partial charge in [0.1, 0.15) is 5.82 Å². The summed E-state index contributed by atoms with van der Waals surface area (Å²) in [5.74, 6) is -1.40. The number of amides is 3. The fourth-order valence-corrected chi connectivity index (χ4v) is 2.78. The highest BCUT2D eigenvalue weighted by Gasteiger charge is 2.14. The predicted octanol–water partition coefficient (Wildman–Crippen LogP) is 4.29. The van der Waals surface area contributed by atoms with E-state index in [4.69, 9.17) is 4.74 Å². The Labute approximate surface area is 184 Å². The minimum atomic E-state index is -0.659. The fourth-order valence-electron chi connectivity index (χ4n) is 2.78. The third kappa shape index (κ3) is 6.66. The van der Waals surface area contributed by atoms with Gasteiger partial charge < -0.3 is 20.3 Å². The van der Waals surface area contributed by atoms with Gasteiger partial charge in [-0.3, -0.25) is 4.79 Å². The van der Waals surface area contributed by atoms with Crippen LogP contribution in [0.2, 0.25) is 0 Å². The number of halogens is 1. The van der Waals surface area contributed by atoms with E-state index in [1.54, 1.807) is 55.6 Å². The molecule has 0 bridgehead atoms. The molecule has 3 aromatic rings. The van der Waals surface area contributed by atoms with Crippen LogP contribution in [0.1, 0.15) is 15.9 Å². The molecule has 7 nitrogen and oxygen atoms in total. The van der Waals surface area contributed by atoms with Crippen LogP contribution in [-0.4, -0.2) is 36.5 Å². The zero-order valence-corrected chi connectivity index (χ0v) is 17.4. The smallest absolute Gasteiger partial charge is 0.338 e. The lowest BCUT2D eigenvalue weighted by atomic mass is 10.2. The average Bonchev–Trinajstić information content (AvgIpc) is 2.79. The van der Waals surface area contributed by atoms with Crippen LogP contribution < -0.4 is 10.6 Å². The van der Waals surface area contributed by atoms with Crippen LogP contribution in [0.5, 0.6) is 0 Å². The van der Waals surface area contributed by atoms with Gasteiger partial charge in [0.25, 0.3) is 5.91 Å². The molecule has 0 aliphatic rings. The molecule has 0 heterocycles. The number of hydrogen-bond donors (Lipinski definition) is 2. The van der Waals surface area contributed by atoms with E-state index in [0.29, 0.717) is 11.4 Å². The van der Waals surface area contributed by atoms with Crippen molar-refractivity contribution in [3.8, 4) is 0 Å². The average molecular weight is 435 g/mol. The Morgan fingerprint density at radius 3 is 2.06 bits per heavy atom. The standard InChI is InChI=1S/C24H22FN3O4/c1-28(15-17-7-11-19(25)12-8-17)22(29)16-32-23(30)18-9-13-21(14-10-18)27-24(31)26-20-5-3-2-4-6-20/h2-14H,15-16H2,1H3,(H2,26,27,31). The molecule has 164 valence electrons. The van der Waals surface area contributed by atoms with Gasteiger partial charge in [0.05, 0.1) is 5.56 Å². The molecular weight excluding hydrogens is 413 g/mol. The number of likely N-dealkylation sites (N-methyl/N-ethyl adjacent to an activating group) is 1. The molecule has 0 saturated heterocycles. The highest BCUT2D eigenvalue weighted by atomic mass is 19.1. The minimum absolute atomic E-state index is 0.244. The summed E-state index contributed by atoms with van der Waals surface area (Å²) in [7, 11) is 1.57. The lowest BCUT2D eigenvalue weighted by Gasteiger charge is -2.17. The van der Waals surface area contributed by atoms with E-state index in [2.05, 4.69) is 10.6 Å². The molecule has 8 heteroatoms. The second-order valence-electron chi connectivity index (χ2n) is 6.97. The predicted molar refractivity (Wildman–Crippen MR) is 119 cm³/mol. The Morgan fingerprint density at radius 1 is 0.844 bits per heavy atom. The third-order valence-electron chi connectivity index (χ3n) is 4.50. The molecule has 0 atom stereocenters. The van der Waals surface area contributed by atoms with Gasteiger partial charge in [-0.25, -0.2) is 14.0 Å². The second kappa shape index (κ2) is 10.7. The van der Waals surface area contributed by atoms with Crippen molar-refractivity contribution < 1.29 is 23.5 Å². The van der Waals surface area contributed by atoms with E-state index < -0.39 is 24.5 Å². The van der Waals surface area contributed by atoms with Crippen molar-refractivity contribution in [2.24, 2.45) is 0 Å². The maximum absolute atomic E-state index is 13.0. The first-order valence-electron chi connectivity index (χ1n) is 9.79. The topological polar surface area (TPSA) is 87.7 Å². The Balaban J connectivity index is 1.46. The van der Waals surface area contributed by atoms with Crippen LogP contribution in [0.25, 0.3) is 0 Å².